The summed E-state index contributed by atoms with van der Waals surface area (Å²) in [5.41, 5.74) is 2.03. The Kier molecular flexibility index (Phi) is 2.34. The Balaban J connectivity index is 1.88. The maximum Gasteiger partial charge on any atom is 0.278 e. The molecule has 0 radical (unpaired) electrons. The van der Waals surface area contributed by atoms with Gasteiger partial charge in [0.25, 0.3) is 11.2 Å². The summed E-state index contributed by atoms with van der Waals surface area (Å²) in [6.45, 7) is 0. The van der Waals surface area contributed by atoms with Crippen molar-refractivity contribution >= 4 is 27.8 Å². The maximum absolute atomic E-state index is 11.4. The number of nitro groups is 1. The Morgan fingerprint density at radius 2 is 1.86 bits per heavy atom. The largest absolute Gasteiger partial charge is 0.359 e. The van der Waals surface area contributed by atoms with Crippen molar-refractivity contribution in [3.63, 3.8) is 0 Å². The molecule has 4 rings (SSSR count). The molecule has 0 unspecified atom stereocenters. The molecule has 0 saturated heterocycles. The van der Waals surface area contributed by atoms with Gasteiger partial charge in [0.2, 0.25) is 5.52 Å². The van der Waals surface area contributed by atoms with Crippen LogP contribution in [-0.2, 0) is 0 Å². The number of hydrogen-bond acceptors (Lipinski definition) is 7. The lowest BCUT2D eigenvalue weighted by Crippen LogP contribution is -2.22. The van der Waals surface area contributed by atoms with Gasteiger partial charge in [0.05, 0.1) is 10.6 Å². The van der Waals surface area contributed by atoms with E-state index in [2.05, 4.69) is 20.0 Å². The van der Waals surface area contributed by atoms with Gasteiger partial charge in [-0.1, -0.05) is 0 Å². The van der Waals surface area contributed by atoms with E-state index in [0.717, 1.165) is 0 Å². The maximum atomic E-state index is 11.4. The second-order valence-corrected chi connectivity index (χ2v) is 4.49. The summed E-state index contributed by atoms with van der Waals surface area (Å²) in [4.78, 5) is 11.8. The van der Waals surface area contributed by atoms with Gasteiger partial charge in [0, 0.05) is 17.3 Å². The summed E-state index contributed by atoms with van der Waals surface area (Å²) in [6.07, 6.45) is 0. The molecule has 4 aromatic rings. The first kappa shape index (κ1) is 12.2. The summed E-state index contributed by atoms with van der Waals surface area (Å²) in [6, 6.07) is 8.95. The second-order valence-electron chi connectivity index (χ2n) is 4.49. The Hall–Kier alpha value is -3.56. The van der Waals surface area contributed by atoms with E-state index >= 15 is 0 Å². The summed E-state index contributed by atoms with van der Waals surface area (Å²) < 4.78 is 4.54. The third-order valence-corrected chi connectivity index (χ3v) is 3.20. The van der Waals surface area contributed by atoms with Gasteiger partial charge in [0.1, 0.15) is 5.52 Å². The number of hydrogen-bond donors (Lipinski definition) is 0. The van der Waals surface area contributed by atoms with E-state index in [4.69, 9.17) is 0 Å². The van der Waals surface area contributed by atoms with Crippen molar-refractivity contribution < 1.29 is 14.5 Å². The Bertz CT molecular complexity index is 1020. The molecule has 0 saturated carbocycles. The SMILES string of the molecule is O=[N+]([O-])c1ccc(-n2nc3ccc4c(no[n+]4[O-])c3n2)cc1. The minimum absolute atomic E-state index is 0.0215. The third kappa shape index (κ3) is 1.67. The quantitative estimate of drug-likeness (QED) is 0.308. The highest BCUT2D eigenvalue weighted by atomic mass is 16.8. The smallest absolute Gasteiger partial charge is 0.278 e. The van der Waals surface area contributed by atoms with Crippen LogP contribution < -0.4 is 4.90 Å². The van der Waals surface area contributed by atoms with E-state index in [1.165, 1.54) is 35.1 Å². The lowest BCUT2D eigenvalue weighted by Gasteiger charge is -1.97. The normalized spacial score (nSPS) is 11.3. The van der Waals surface area contributed by atoms with Gasteiger partial charge in [-0.15, -0.1) is 10.2 Å². The van der Waals surface area contributed by atoms with E-state index in [1.54, 1.807) is 6.07 Å². The van der Waals surface area contributed by atoms with Gasteiger partial charge in [-0.2, -0.15) is 4.80 Å². The van der Waals surface area contributed by atoms with Crippen LogP contribution in [0, 0.1) is 15.3 Å². The summed E-state index contributed by atoms with van der Waals surface area (Å²) in [5, 5.41) is 34.2. The van der Waals surface area contributed by atoms with Crippen molar-refractivity contribution in [1.82, 2.24) is 20.2 Å². The number of nitrogens with zero attached hydrogens (tertiary/aromatic N) is 6. The average Bonchev–Trinajstić information content (AvgIpc) is 3.11. The summed E-state index contributed by atoms with van der Waals surface area (Å²) >= 11 is 0. The summed E-state index contributed by atoms with van der Waals surface area (Å²) in [5.74, 6) is 0. The van der Waals surface area contributed by atoms with Crippen molar-refractivity contribution in [2.45, 2.75) is 0 Å². The van der Waals surface area contributed by atoms with E-state index < -0.39 is 4.92 Å². The lowest BCUT2D eigenvalue weighted by atomic mass is 10.3. The molecular formula is C12H6N6O4. The molecule has 10 nitrogen and oxygen atoms in total. The van der Waals surface area contributed by atoms with Crippen LogP contribution in [0.15, 0.2) is 41.0 Å². The van der Waals surface area contributed by atoms with Crippen LogP contribution in [0.3, 0.4) is 0 Å². The van der Waals surface area contributed by atoms with Crippen LogP contribution in [0.25, 0.3) is 27.8 Å². The van der Waals surface area contributed by atoms with Crippen molar-refractivity contribution in [3.05, 3.63) is 51.7 Å². The van der Waals surface area contributed by atoms with Crippen LogP contribution in [0.4, 0.5) is 5.69 Å². The minimum Gasteiger partial charge on any atom is -0.359 e. The lowest BCUT2D eigenvalue weighted by molar-refractivity contribution is -0.782. The van der Waals surface area contributed by atoms with E-state index in [9.17, 15) is 15.3 Å². The second kappa shape index (κ2) is 4.22. The molecule has 0 aliphatic rings. The zero-order valence-electron chi connectivity index (χ0n) is 10.8. The highest BCUT2D eigenvalue weighted by Gasteiger charge is 2.18. The number of nitro benzene ring substituents is 1. The first-order valence-corrected chi connectivity index (χ1v) is 6.14. The number of non-ortho nitro benzene ring substituents is 1. The van der Waals surface area contributed by atoms with Crippen LogP contribution in [0.5, 0.6) is 0 Å². The van der Waals surface area contributed by atoms with Crippen LogP contribution in [0.1, 0.15) is 0 Å². The standard InChI is InChI=1S/C12H6N6O4/c19-17(20)8-3-1-7(2-4-8)16-13-9-5-6-10-12(11(9)14-16)15-22-18(10)21/h1-6H. The van der Waals surface area contributed by atoms with Crippen molar-refractivity contribution in [2.75, 3.05) is 0 Å². The fraction of sp³-hybridized carbons (Fsp3) is 0. The fourth-order valence-electron chi connectivity index (χ4n) is 2.14. The van der Waals surface area contributed by atoms with Crippen LogP contribution >= 0.6 is 0 Å². The zero-order chi connectivity index (χ0) is 15.3. The van der Waals surface area contributed by atoms with Gasteiger partial charge in [-0.05, 0) is 29.2 Å². The minimum atomic E-state index is -0.483. The monoisotopic (exact) mass is 298 g/mol. The van der Waals surface area contributed by atoms with Gasteiger partial charge >= 0.3 is 0 Å². The van der Waals surface area contributed by atoms with Gasteiger partial charge in [-0.3, -0.25) is 14.7 Å². The molecule has 0 spiro atoms. The molecule has 2 aromatic heterocycles. The van der Waals surface area contributed by atoms with Crippen LogP contribution in [0.2, 0.25) is 0 Å². The number of benzene rings is 2. The van der Waals surface area contributed by atoms with Gasteiger partial charge in [-0.25, -0.2) is 0 Å². The third-order valence-electron chi connectivity index (χ3n) is 3.20. The molecule has 0 atom stereocenters. The zero-order valence-corrected chi connectivity index (χ0v) is 10.8. The highest BCUT2D eigenvalue weighted by molar-refractivity contribution is 5.97. The molecule has 108 valence electrons. The molecule has 22 heavy (non-hydrogen) atoms. The van der Waals surface area contributed by atoms with Crippen molar-refractivity contribution in [1.29, 1.82) is 0 Å². The average molecular weight is 298 g/mol. The highest BCUT2D eigenvalue weighted by Crippen LogP contribution is 2.20. The molecule has 0 aliphatic heterocycles. The first-order chi connectivity index (χ1) is 10.6. The first-order valence-electron chi connectivity index (χ1n) is 6.14. The van der Waals surface area contributed by atoms with Crippen LogP contribution in [-0.4, -0.2) is 25.1 Å². The van der Waals surface area contributed by atoms with Crippen molar-refractivity contribution in [3.8, 4) is 5.69 Å². The predicted molar refractivity (Wildman–Crippen MR) is 72.0 cm³/mol. The van der Waals surface area contributed by atoms with Crippen molar-refractivity contribution in [2.24, 2.45) is 0 Å². The molecule has 2 aromatic carbocycles. The molecular weight excluding hydrogens is 292 g/mol. The number of aromatic nitrogens is 5. The topological polar surface area (TPSA) is 127 Å². The van der Waals surface area contributed by atoms with E-state index in [-0.39, 0.29) is 11.2 Å². The van der Waals surface area contributed by atoms with Gasteiger partial charge < -0.3 is 5.21 Å². The summed E-state index contributed by atoms with van der Waals surface area (Å²) in [7, 11) is 0. The van der Waals surface area contributed by atoms with Gasteiger partial charge in [0.15, 0.2) is 5.52 Å². The molecule has 0 bridgehead atoms. The molecule has 10 heteroatoms. The Morgan fingerprint density at radius 3 is 2.59 bits per heavy atom. The number of fused-ring (bicyclic) bond motifs is 3. The molecule has 0 amide bonds. The molecule has 2 heterocycles. The number of rotatable bonds is 2. The van der Waals surface area contributed by atoms with E-state index in [1.807, 2.05) is 0 Å². The molecule has 0 aliphatic carbocycles. The van der Waals surface area contributed by atoms with E-state index in [0.29, 0.717) is 27.1 Å². The Labute approximate surface area is 120 Å². The predicted octanol–water partition coefficient (Wildman–Crippen LogP) is 1.10. The fourth-order valence-corrected chi connectivity index (χ4v) is 2.14. The molecule has 0 N–H and O–H groups in total. The Morgan fingerprint density at radius 1 is 1.09 bits per heavy atom. The molecule has 0 fully saturated rings.